The highest BCUT2D eigenvalue weighted by Gasteiger charge is 2.35. The summed E-state index contributed by atoms with van der Waals surface area (Å²) in [5, 5.41) is 53.1. The molecule has 5 atom stereocenters. The molecule has 7 N–H and O–H groups in total. The summed E-state index contributed by atoms with van der Waals surface area (Å²) < 4.78 is 10.6. The number of phenols is 1. The molecule has 1 aromatic carbocycles. The number of hydrogen-bond donors (Lipinski definition) is 6. The molecule has 0 amide bonds. The topological polar surface area (TPSA) is 148 Å². The van der Waals surface area contributed by atoms with Crippen LogP contribution in [0.25, 0.3) is 0 Å². The number of aliphatic hydroxyl groups excluding tert-OH is 4. The molecule has 41 heavy (non-hydrogen) atoms. The summed E-state index contributed by atoms with van der Waals surface area (Å²) in [6, 6.07) is 5.28. The highest BCUT2D eigenvalue weighted by Crippen LogP contribution is 2.32. The highest BCUT2D eigenvalue weighted by atomic mass is 16.5. The van der Waals surface area contributed by atoms with Gasteiger partial charge in [-0.05, 0) is 63.6 Å². The van der Waals surface area contributed by atoms with Gasteiger partial charge >= 0.3 is 0 Å². The van der Waals surface area contributed by atoms with Gasteiger partial charge in [-0.1, -0.05) is 19.4 Å². The quantitative estimate of drug-likeness (QED) is 0.110. The average Bonchev–Trinajstić information content (AvgIpc) is 3.62. The monoisotopic (exact) mass is 573 g/mol. The Morgan fingerprint density at radius 2 is 2.00 bits per heavy atom. The van der Waals surface area contributed by atoms with Crippen LogP contribution in [0.3, 0.4) is 0 Å². The molecule has 1 aromatic rings. The number of phenolic OH excluding ortho intramolecular Hbond substituents is 1. The lowest BCUT2D eigenvalue weighted by Gasteiger charge is -2.24. The van der Waals surface area contributed by atoms with E-state index >= 15 is 0 Å². The molecule has 0 aromatic heterocycles. The Balaban J connectivity index is 1.53. The van der Waals surface area contributed by atoms with Crippen molar-refractivity contribution in [1.29, 1.82) is 0 Å². The molecular weight excluding hydrogens is 524 g/mol. The van der Waals surface area contributed by atoms with E-state index in [1.165, 1.54) is 0 Å². The fourth-order valence-corrected chi connectivity index (χ4v) is 5.14. The zero-order valence-corrected chi connectivity index (χ0v) is 24.7. The second-order valence-corrected chi connectivity index (χ2v) is 11.1. The molecule has 9 heteroatoms. The Morgan fingerprint density at radius 1 is 1.20 bits per heavy atom. The molecule has 228 valence electrons. The highest BCUT2D eigenvalue weighted by molar-refractivity contribution is 5.83. The number of unbranched alkanes of at least 4 members (excludes halogenated alkanes) is 1. The standard InChI is InChI=1S/C32H48N2O7/c1-4-5-8-31-25(19-36)15-26(41-31)11-9-23-10-12-29(38)32(14-23)40-20-30(39)28-16-24(18-34-28)22(3)27(7-6-13-35)33-17-21(2)37/h10,12,14-16,18,21-22,27,30-31,33,35-37,39,41H,4-9,11,13,17,19-20H2,1-3H3/p+1. The molecule has 2 aliphatic heterocycles. The van der Waals surface area contributed by atoms with Crippen molar-refractivity contribution in [3.8, 4) is 11.5 Å². The van der Waals surface area contributed by atoms with Crippen molar-refractivity contribution in [3.05, 3.63) is 59.2 Å². The molecular formula is C32H49N2O7+. The minimum atomic E-state index is -0.977. The van der Waals surface area contributed by atoms with Crippen LogP contribution in [-0.4, -0.2) is 87.2 Å². The minimum absolute atomic E-state index is 0.00179. The molecule has 5 unspecified atom stereocenters. The van der Waals surface area contributed by atoms with Crippen molar-refractivity contribution in [2.45, 2.75) is 90.1 Å². The number of aliphatic hydroxyl groups is 6. The van der Waals surface area contributed by atoms with Crippen molar-refractivity contribution >= 4 is 6.21 Å². The van der Waals surface area contributed by atoms with Crippen LogP contribution in [0.1, 0.15) is 64.9 Å². The first-order valence-corrected chi connectivity index (χ1v) is 14.9. The van der Waals surface area contributed by atoms with Crippen molar-refractivity contribution in [1.82, 2.24) is 5.32 Å². The maximum absolute atomic E-state index is 10.8. The molecule has 2 aliphatic rings. The largest absolute Gasteiger partial charge is 0.504 e. The molecule has 9 nitrogen and oxygen atoms in total. The van der Waals surface area contributed by atoms with Gasteiger partial charge in [0.1, 0.15) is 30.9 Å². The van der Waals surface area contributed by atoms with Gasteiger partial charge in [-0.2, -0.15) is 0 Å². The minimum Gasteiger partial charge on any atom is -0.504 e. The van der Waals surface area contributed by atoms with Gasteiger partial charge in [-0.3, -0.25) is 0 Å². The lowest BCUT2D eigenvalue weighted by atomic mass is 9.86. The van der Waals surface area contributed by atoms with E-state index in [0.29, 0.717) is 30.8 Å². The summed E-state index contributed by atoms with van der Waals surface area (Å²) >= 11 is 0. The Hall–Kier alpha value is -2.53. The van der Waals surface area contributed by atoms with Crippen LogP contribution in [0.5, 0.6) is 11.5 Å². The molecule has 0 saturated carbocycles. The third-order valence-corrected chi connectivity index (χ3v) is 7.70. The van der Waals surface area contributed by atoms with Crippen LogP contribution < -0.4 is 10.1 Å². The fraction of sp³-hybridized carbons (Fsp3) is 0.594. The molecule has 0 aliphatic carbocycles. The first-order chi connectivity index (χ1) is 19.7. The zero-order chi connectivity index (χ0) is 29.8. The molecule has 3 rings (SSSR count). The van der Waals surface area contributed by atoms with E-state index in [-0.39, 0.29) is 43.6 Å². The molecule has 0 saturated heterocycles. The third-order valence-electron chi connectivity index (χ3n) is 7.70. The van der Waals surface area contributed by atoms with Gasteiger partial charge in [0.05, 0.1) is 18.1 Å². The Kier molecular flexibility index (Phi) is 13.5. The van der Waals surface area contributed by atoms with E-state index in [4.69, 9.17) is 9.47 Å². The van der Waals surface area contributed by atoms with Crippen LogP contribution >= 0.6 is 0 Å². The predicted octanol–water partition coefficient (Wildman–Crippen LogP) is 2.91. The lowest BCUT2D eigenvalue weighted by Crippen LogP contribution is -2.41. The molecule has 0 bridgehead atoms. The first-order valence-electron chi connectivity index (χ1n) is 14.9. The van der Waals surface area contributed by atoms with E-state index in [2.05, 4.69) is 24.2 Å². The Morgan fingerprint density at radius 3 is 2.71 bits per heavy atom. The average molecular weight is 574 g/mol. The SMILES string of the molecule is CCCCC1[OH+][C-](CCc2ccc(O)c(OCC(O)C3=C[C+](C(C)C(CCCO)NCC(C)O)C=N3)c2)C=C1CO. The number of nitrogens with zero attached hydrogens (tertiary/aromatic N) is 1. The van der Waals surface area contributed by atoms with Crippen molar-refractivity contribution < 1.29 is 35.0 Å². The van der Waals surface area contributed by atoms with Gasteiger partial charge in [0.25, 0.3) is 0 Å². The normalized spacial score (nSPS) is 19.7. The summed E-state index contributed by atoms with van der Waals surface area (Å²) in [5.41, 5.74) is 2.45. The zero-order valence-electron chi connectivity index (χ0n) is 24.7. The van der Waals surface area contributed by atoms with Crippen LogP contribution in [0, 0.1) is 17.9 Å². The molecule has 0 spiro atoms. The summed E-state index contributed by atoms with van der Waals surface area (Å²) in [6.07, 6.45) is 11.2. The van der Waals surface area contributed by atoms with Crippen molar-refractivity contribution in [2.24, 2.45) is 10.9 Å². The predicted molar refractivity (Wildman–Crippen MR) is 161 cm³/mol. The fourth-order valence-electron chi connectivity index (χ4n) is 5.14. The van der Waals surface area contributed by atoms with E-state index < -0.39 is 12.2 Å². The van der Waals surface area contributed by atoms with E-state index in [1.807, 2.05) is 18.2 Å². The Bertz CT molecular complexity index is 1030. The summed E-state index contributed by atoms with van der Waals surface area (Å²) in [4.78, 5) is 4.40. The van der Waals surface area contributed by atoms with Crippen LogP contribution in [0.2, 0.25) is 0 Å². The maximum atomic E-state index is 10.8. The smallest absolute Gasteiger partial charge is 0.207 e. The number of rotatable bonds is 19. The van der Waals surface area contributed by atoms with Crippen LogP contribution in [-0.2, 0) is 6.42 Å². The number of aromatic hydroxyl groups is 1. The van der Waals surface area contributed by atoms with E-state index in [0.717, 1.165) is 55.3 Å². The number of ether oxygens (including phenoxy) is 2. The second-order valence-electron chi connectivity index (χ2n) is 11.1. The van der Waals surface area contributed by atoms with E-state index in [1.54, 1.807) is 25.3 Å². The van der Waals surface area contributed by atoms with Crippen LogP contribution in [0.4, 0.5) is 0 Å². The number of aryl methyl sites for hydroxylation is 1. The van der Waals surface area contributed by atoms with Gasteiger partial charge in [-0.15, -0.1) is 16.6 Å². The first kappa shape index (κ1) is 33.0. The molecule has 2 heterocycles. The summed E-state index contributed by atoms with van der Waals surface area (Å²) in [5.74, 6) is 1.32. The molecule has 0 radical (unpaired) electrons. The maximum Gasteiger partial charge on any atom is 0.207 e. The van der Waals surface area contributed by atoms with Gasteiger partial charge in [0.2, 0.25) is 5.70 Å². The van der Waals surface area contributed by atoms with Gasteiger partial charge in [0, 0.05) is 32.2 Å². The van der Waals surface area contributed by atoms with Crippen molar-refractivity contribution in [3.63, 3.8) is 0 Å². The number of aliphatic imine (C=N–C) groups is 1. The molecule has 0 fully saturated rings. The second kappa shape index (κ2) is 16.8. The Labute approximate surface area is 244 Å². The number of hydrogen-bond acceptors (Lipinski definition) is 8. The summed E-state index contributed by atoms with van der Waals surface area (Å²) in [7, 11) is 0. The van der Waals surface area contributed by atoms with Gasteiger partial charge in [-0.25, -0.2) is 0 Å². The third kappa shape index (κ3) is 10.1. The van der Waals surface area contributed by atoms with E-state index in [9.17, 15) is 25.5 Å². The van der Waals surface area contributed by atoms with Crippen LogP contribution in [0.15, 0.2) is 46.6 Å². The van der Waals surface area contributed by atoms with Gasteiger partial charge < -0.3 is 40.3 Å². The van der Waals surface area contributed by atoms with Gasteiger partial charge in [0.15, 0.2) is 17.6 Å². The lowest BCUT2D eigenvalue weighted by molar-refractivity contribution is -0.0550. The number of benzene rings is 1. The van der Waals surface area contributed by atoms with Crippen molar-refractivity contribution in [2.75, 3.05) is 26.4 Å². The number of allylic oxidation sites excluding steroid dienone is 1. The number of nitrogens with one attached hydrogen (secondary N) is 1. The summed E-state index contributed by atoms with van der Waals surface area (Å²) in [6.45, 7) is 6.46.